The van der Waals surface area contributed by atoms with Gasteiger partial charge in [-0.2, -0.15) is 5.10 Å². The zero-order valence-corrected chi connectivity index (χ0v) is 20.6. The number of benzene rings is 3. The SMILES string of the molecule is COc1cc(C2c3c(-c4ccc(C)cc4)n[nH]c3C(=O)N2Cc2ccc3c(c2)OCO3)cc(OC)c1O. The first-order chi connectivity index (χ1) is 18.0. The van der Waals surface area contributed by atoms with Gasteiger partial charge in [-0.25, -0.2) is 0 Å². The molecule has 0 saturated carbocycles. The first-order valence-corrected chi connectivity index (χ1v) is 11.8. The highest BCUT2D eigenvalue weighted by Crippen LogP contribution is 2.47. The fourth-order valence-corrected chi connectivity index (χ4v) is 4.95. The van der Waals surface area contributed by atoms with Crippen LogP contribution in [0.25, 0.3) is 11.3 Å². The van der Waals surface area contributed by atoms with Crippen LogP contribution in [-0.2, 0) is 6.54 Å². The van der Waals surface area contributed by atoms with Crippen LogP contribution in [0.1, 0.15) is 38.8 Å². The van der Waals surface area contributed by atoms with Gasteiger partial charge in [0.1, 0.15) is 5.69 Å². The van der Waals surface area contributed by atoms with E-state index >= 15 is 0 Å². The van der Waals surface area contributed by atoms with E-state index in [9.17, 15) is 9.90 Å². The summed E-state index contributed by atoms with van der Waals surface area (Å²) in [6, 6.07) is 16.6. The number of aromatic nitrogens is 2. The van der Waals surface area contributed by atoms with E-state index in [-0.39, 0.29) is 29.9 Å². The topological polar surface area (TPSA) is 106 Å². The number of carbonyl (C=O) groups is 1. The summed E-state index contributed by atoms with van der Waals surface area (Å²) in [5, 5.41) is 18.0. The van der Waals surface area contributed by atoms with E-state index in [4.69, 9.17) is 18.9 Å². The maximum absolute atomic E-state index is 13.8. The number of rotatable bonds is 6. The third kappa shape index (κ3) is 3.70. The third-order valence-electron chi connectivity index (χ3n) is 6.80. The van der Waals surface area contributed by atoms with Crippen LogP contribution in [0.5, 0.6) is 28.7 Å². The Morgan fingerprint density at radius 1 is 1.03 bits per heavy atom. The third-order valence-corrected chi connectivity index (χ3v) is 6.80. The number of methoxy groups -OCH3 is 2. The lowest BCUT2D eigenvalue weighted by molar-refractivity contribution is 0.0729. The van der Waals surface area contributed by atoms with E-state index in [1.54, 1.807) is 17.0 Å². The summed E-state index contributed by atoms with van der Waals surface area (Å²) in [5.74, 6) is 1.53. The van der Waals surface area contributed by atoms with Crippen molar-refractivity contribution >= 4 is 5.91 Å². The van der Waals surface area contributed by atoms with E-state index in [0.717, 1.165) is 22.3 Å². The Morgan fingerprint density at radius 2 is 1.73 bits per heavy atom. The molecule has 3 heterocycles. The second kappa shape index (κ2) is 8.77. The number of hydrogen-bond donors (Lipinski definition) is 2. The van der Waals surface area contributed by atoms with Crippen molar-refractivity contribution in [1.82, 2.24) is 15.1 Å². The van der Waals surface area contributed by atoms with Crippen molar-refractivity contribution in [3.05, 3.63) is 82.5 Å². The first-order valence-electron chi connectivity index (χ1n) is 11.8. The smallest absolute Gasteiger partial charge is 0.273 e. The number of phenolic OH excluding ortho intramolecular Hbond substituents is 1. The van der Waals surface area contributed by atoms with Crippen molar-refractivity contribution in [3.8, 4) is 40.0 Å². The highest BCUT2D eigenvalue weighted by molar-refractivity contribution is 6.00. The molecule has 0 saturated heterocycles. The van der Waals surface area contributed by atoms with Crippen LogP contribution in [0.15, 0.2) is 54.6 Å². The molecule has 37 heavy (non-hydrogen) atoms. The average molecular weight is 500 g/mol. The summed E-state index contributed by atoms with van der Waals surface area (Å²) in [6.07, 6.45) is 0. The minimum atomic E-state index is -0.522. The maximum atomic E-state index is 13.8. The van der Waals surface area contributed by atoms with E-state index in [1.165, 1.54) is 14.2 Å². The number of nitrogens with zero attached hydrogens (tertiary/aromatic N) is 2. The summed E-state index contributed by atoms with van der Waals surface area (Å²) >= 11 is 0. The van der Waals surface area contributed by atoms with Gasteiger partial charge in [0, 0.05) is 17.7 Å². The van der Waals surface area contributed by atoms with Gasteiger partial charge in [-0.1, -0.05) is 35.9 Å². The number of ether oxygens (including phenoxy) is 4. The number of fused-ring (bicyclic) bond motifs is 2. The van der Waals surface area contributed by atoms with Crippen molar-refractivity contribution in [3.63, 3.8) is 0 Å². The van der Waals surface area contributed by atoms with Crippen molar-refractivity contribution in [1.29, 1.82) is 0 Å². The van der Waals surface area contributed by atoms with Gasteiger partial charge in [0.2, 0.25) is 12.5 Å². The molecule has 0 bridgehead atoms. The number of aromatic hydroxyl groups is 1. The fraction of sp³-hybridized carbons (Fsp3) is 0.214. The first kappa shape index (κ1) is 22.8. The Kier molecular flexibility index (Phi) is 5.40. The predicted octanol–water partition coefficient (Wildman–Crippen LogP) is 4.58. The highest BCUT2D eigenvalue weighted by Gasteiger charge is 2.43. The summed E-state index contributed by atoms with van der Waals surface area (Å²) in [4.78, 5) is 15.5. The van der Waals surface area contributed by atoms with E-state index in [2.05, 4.69) is 10.2 Å². The van der Waals surface area contributed by atoms with Gasteiger partial charge in [0.25, 0.3) is 5.91 Å². The number of phenols is 1. The summed E-state index contributed by atoms with van der Waals surface area (Å²) in [7, 11) is 2.95. The molecule has 9 nitrogen and oxygen atoms in total. The van der Waals surface area contributed by atoms with E-state index in [1.807, 2.05) is 49.4 Å². The number of carbonyl (C=O) groups excluding carboxylic acids is 1. The highest BCUT2D eigenvalue weighted by atomic mass is 16.7. The van der Waals surface area contributed by atoms with Gasteiger partial charge in [0.05, 0.1) is 26.0 Å². The van der Waals surface area contributed by atoms with Crippen LogP contribution in [0.2, 0.25) is 0 Å². The maximum Gasteiger partial charge on any atom is 0.273 e. The second-order valence-corrected chi connectivity index (χ2v) is 9.02. The normalized spacial score (nSPS) is 15.7. The number of nitrogens with one attached hydrogen (secondary N) is 1. The van der Waals surface area contributed by atoms with Gasteiger partial charge in [-0.05, 0) is 42.3 Å². The Hall–Kier alpha value is -4.66. The molecular formula is C28H25N3O6. The van der Waals surface area contributed by atoms with Crippen LogP contribution >= 0.6 is 0 Å². The molecule has 0 radical (unpaired) electrons. The molecule has 0 fully saturated rings. The molecule has 4 aromatic rings. The number of amides is 1. The van der Waals surface area contributed by atoms with Crippen molar-refractivity contribution in [2.75, 3.05) is 21.0 Å². The predicted molar refractivity (Wildman–Crippen MR) is 134 cm³/mol. The van der Waals surface area contributed by atoms with Crippen LogP contribution in [0, 0.1) is 6.92 Å². The Morgan fingerprint density at radius 3 is 2.43 bits per heavy atom. The number of aromatic amines is 1. The molecule has 1 unspecified atom stereocenters. The zero-order chi connectivity index (χ0) is 25.7. The van der Waals surface area contributed by atoms with Crippen LogP contribution in [-0.4, -0.2) is 47.1 Å². The lowest BCUT2D eigenvalue weighted by Gasteiger charge is -2.27. The van der Waals surface area contributed by atoms with Crippen LogP contribution in [0.3, 0.4) is 0 Å². The lowest BCUT2D eigenvalue weighted by atomic mass is 9.95. The molecular weight excluding hydrogens is 474 g/mol. The molecule has 188 valence electrons. The van der Waals surface area contributed by atoms with Crippen LogP contribution in [0.4, 0.5) is 0 Å². The Balaban J connectivity index is 1.50. The molecule has 2 aliphatic rings. The minimum absolute atomic E-state index is 0.105. The fourth-order valence-electron chi connectivity index (χ4n) is 4.95. The van der Waals surface area contributed by atoms with E-state index < -0.39 is 6.04 Å². The van der Waals surface area contributed by atoms with Gasteiger partial charge >= 0.3 is 0 Å². The van der Waals surface area contributed by atoms with E-state index in [0.29, 0.717) is 35.0 Å². The Bertz CT molecular complexity index is 1490. The van der Waals surface area contributed by atoms with Gasteiger partial charge in [-0.15, -0.1) is 0 Å². The standard InChI is InChI=1S/C28H25N3O6/c1-15-4-7-17(8-5-15)24-23-25(30-29-24)28(33)31(13-16-6-9-19-20(10-16)37-14-36-19)26(23)18-11-21(34-2)27(32)22(12-18)35-3/h4-12,26,32H,13-14H2,1-3H3,(H,29,30). The largest absolute Gasteiger partial charge is 0.502 e. The molecule has 2 aliphatic heterocycles. The summed E-state index contributed by atoms with van der Waals surface area (Å²) in [6.45, 7) is 2.50. The lowest BCUT2D eigenvalue weighted by Crippen LogP contribution is -2.29. The monoisotopic (exact) mass is 499 g/mol. The minimum Gasteiger partial charge on any atom is -0.502 e. The van der Waals surface area contributed by atoms with Crippen molar-refractivity contribution in [2.45, 2.75) is 19.5 Å². The molecule has 2 N–H and O–H groups in total. The molecule has 1 atom stereocenters. The molecule has 3 aromatic carbocycles. The van der Waals surface area contributed by atoms with Gasteiger partial charge in [-0.3, -0.25) is 9.89 Å². The van der Waals surface area contributed by atoms with Crippen molar-refractivity contribution < 1.29 is 28.8 Å². The van der Waals surface area contributed by atoms with Gasteiger partial charge in [0.15, 0.2) is 23.0 Å². The second-order valence-electron chi connectivity index (χ2n) is 9.02. The summed E-state index contributed by atoms with van der Waals surface area (Å²) in [5.41, 5.74) is 5.48. The molecule has 1 amide bonds. The van der Waals surface area contributed by atoms with Gasteiger partial charge < -0.3 is 29.0 Å². The quantitative estimate of drug-likeness (QED) is 0.400. The molecule has 0 aliphatic carbocycles. The van der Waals surface area contributed by atoms with Crippen LogP contribution < -0.4 is 18.9 Å². The molecule has 1 aromatic heterocycles. The molecule has 6 rings (SSSR count). The number of aryl methyl sites for hydroxylation is 1. The van der Waals surface area contributed by atoms with Crippen molar-refractivity contribution in [2.24, 2.45) is 0 Å². The summed E-state index contributed by atoms with van der Waals surface area (Å²) < 4.78 is 21.8. The number of H-pyrrole nitrogens is 1. The average Bonchev–Trinajstić information content (AvgIpc) is 3.61. The zero-order valence-electron chi connectivity index (χ0n) is 20.6. The number of hydrogen-bond acceptors (Lipinski definition) is 7. The molecule has 9 heteroatoms. The molecule has 0 spiro atoms. The Labute approximate surface area is 213 Å².